The largest absolute Gasteiger partial charge is 0.497 e. The van der Waals surface area contributed by atoms with Gasteiger partial charge in [0.05, 0.1) is 13.7 Å². The van der Waals surface area contributed by atoms with Crippen LogP contribution in [-0.4, -0.2) is 55.4 Å². The standard InChI is InChI=1S/C13H19N3O3/c1-19-12-4-2-10(3-5-12)15-13(18)16-7-6-14-11(8-16)9-17/h2-5,11,14,17H,6-9H2,1H3,(H,15,18). The molecule has 0 saturated carbocycles. The van der Waals surface area contributed by atoms with E-state index >= 15 is 0 Å². The molecule has 1 heterocycles. The van der Waals surface area contributed by atoms with Gasteiger partial charge in [-0.3, -0.25) is 0 Å². The van der Waals surface area contributed by atoms with E-state index in [1.807, 2.05) is 0 Å². The molecule has 19 heavy (non-hydrogen) atoms. The summed E-state index contributed by atoms with van der Waals surface area (Å²) < 4.78 is 5.06. The number of urea groups is 1. The zero-order valence-corrected chi connectivity index (χ0v) is 10.9. The quantitative estimate of drug-likeness (QED) is 0.744. The first-order chi connectivity index (χ1) is 9.22. The number of rotatable bonds is 3. The molecule has 1 aromatic rings. The molecule has 0 bridgehead atoms. The van der Waals surface area contributed by atoms with Crippen molar-refractivity contribution in [2.24, 2.45) is 0 Å². The average Bonchev–Trinajstić information content (AvgIpc) is 2.48. The van der Waals surface area contributed by atoms with Crippen LogP contribution in [0.2, 0.25) is 0 Å². The maximum Gasteiger partial charge on any atom is 0.321 e. The van der Waals surface area contributed by atoms with Crippen LogP contribution in [0.1, 0.15) is 0 Å². The Bertz CT molecular complexity index is 422. The van der Waals surface area contributed by atoms with Crippen molar-refractivity contribution < 1.29 is 14.6 Å². The van der Waals surface area contributed by atoms with Crippen molar-refractivity contribution in [3.63, 3.8) is 0 Å². The molecule has 0 spiro atoms. The number of nitrogens with zero attached hydrogens (tertiary/aromatic N) is 1. The van der Waals surface area contributed by atoms with Crippen molar-refractivity contribution >= 4 is 11.7 Å². The summed E-state index contributed by atoms with van der Waals surface area (Å²) in [5.41, 5.74) is 0.727. The molecule has 1 saturated heterocycles. The van der Waals surface area contributed by atoms with E-state index < -0.39 is 0 Å². The van der Waals surface area contributed by atoms with Crippen LogP contribution in [0.25, 0.3) is 0 Å². The van der Waals surface area contributed by atoms with E-state index in [1.165, 1.54) is 0 Å². The van der Waals surface area contributed by atoms with Gasteiger partial charge in [-0.05, 0) is 24.3 Å². The zero-order valence-electron chi connectivity index (χ0n) is 10.9. The van der Waals surface area contributed by atoms with Gasteiger partial charge in [0, 0.05) is 31.4 Å². The monoisotopic (exact) mass is 265 g/mol. The van der Waals surface area contributed by atoms with Gasteiger partial charge >= 0.3 is 6.03 Å². The molecule has 2 rings (SSSR count). The second-order valence-electron chi connectivity index (χ2n) is 4.44. The van der Waals surface area contributed by atoms with Gasteiger partial charge in [-0.1, -0.05) is 0 Å². The number of piperazine rings is 1. The molecule has 2 amide bonds. The number of ether oxygens (including phenoxy) is 1. The first kappa shape index (κ1) is 13.6. The van der Waals surface area contributed by atoms with E-state index in [4.69, 9.17) is 9.84 Å². The molecule has 6 nitrogen and oxygen atoms in total. The molecular formula is C13H19N3O3. The zero-order chi connectivity index (χ0) is 13.7. The molecule has 1 aliphatic rings. The highest BCUT2D eigenvalue weighted by molar-refractivity contribution is 5.89. The van der Waals surface area contributed by atoms with Gasteiger partial charge in [0.15, 0.2) is 0 Å². The second kappa shape index (κ2) is 6.40. The van der Waals surface area contributed by atoms with Gasteiger partial charge in [-0.15, -0.1) is 0 Å². The van der Waals surface area contributed by atoms with Crippen molar-refractivity contribution in [1.82, 2.24) is 10.2 Å². The Kier molecular flexibility index (Phi) is 4.59. The molecule has 104 valence electrons. The predicted octanol–water partition coefficient (Wildman–Crippen LogP) is 0.493. The van der Waals surface area contributed by atoms with Crippen molar-refractivity contribution in [2.45, 2.75) is 6.04 Å². The average molecular weight is 265 g/mol. The smallest absolute Gasteiger partial charge is 0.321 e. The van der Waals surface area contributed by atoms with Crippen molar-refractivity contribution in [3.05, 3.63) is 24.3 Å². The van der Waals surface area contributed by atoms with E-state index in [1.54, 1.807) is 36.3 Å². The number of carbonyl (C=O) groups excluding carboxylic acids is 1. The maximum atomic E-state index is 12.1. The van der Waals surface area contributed by atoms with Crippen molar-refractivity contribution in [3.8, 4) is 5.75 Å². The number of carbonyl (C=O) groups is 1. The Morgan fingerprint density at radius 3 is 2.89 bits per heavy atom. The van der Waals surface area contributed by atoms with Crippen LogP contribution < -0.4 is 15.4 Å². The minimum absolute atomic E-state index is 0.0340. The van der Waals surface area contributed by atoms with Crippen LogP contribution in [-0.2, 0) is 0 Å². The highest BCUT2D eigenvalue weighted by Gasteiger charge is 2.22. The van der Waals surface area contributed by atoms with E-state index in [0.29, 0.717) is 19.6 Å². The SMILES string of the molecule is COc1ccc(NC(=O)N2CCNC(CO)C2)cc1. The fourth-order valence-corrected chi connectivity index (χ4v) is 2.01. The number of nitrogens with one attached hydrogen (secondary N) is 2. The number of aliphatic hydroxyl groups excluding tert-OH is 1. The third kappa shape index (κ3) is 3.59. The molecule has 0 aromatic heterocycles. The van der Waals surface area contributed by atoms with Crippen molar-refractivity contribution in [2.75, 3.05) is 38.7 Å². The molecule has 1 atom stereocenters. The predicted molar refractivity (Wildman–Crippen MR) is 72.5 cm³/mol. The summed E-state index contributed by atoms with van der Waals surface area (Å²) in [5.74, 6) is 0.750. The van der Waals surface area contributed by atoms with E-state index in [2.05, 4.69) is 10.6 Å². The Morgan fingerprint density at radius 1 is 1.53 bits per heavy atom. The van der Waals surface area contributed by atoms with Gasteiger partial charge in [0.1, 0.15) is 5.75 Å². The molecule has 1 unspecified atom stereocenters. The Morgan fingerprint density at radius 2 is 2.26 bits per heavy atom. The van der Waals surface area contributed by atoms with Crippen LogP contribution in [0.3, 0.4) is 0 Å². The first-order valence-corrected chi connectivity index (χ1v) is 6.27. The van der Waals surface area contributed by atoms with Crippen LogP contribution in [0.4, 0.5) is 10.5 Å². The van der Waals surface area contributed by atoms with Crippen LogP contribution >= 0.6 is 0 Å². The number of benzene rings is 1. The Hall–Kier alpha value is -1.79. The third-order valence-electron chi connectivity index (χ3n) is 3.10. The fraction of sp³-hybridized carbons (Fsp3) is 0.462. The number of anilines is 1. The van der Waals surface area contributed by atoms with Crippen LogP contribution in [0.5, 0.6) is 5.75 Å². The summed E-state index contributed by atoms with van der Waals surface area (Å²) >= 11 is 0. The van der Waals surface area contributed by atoms with Gasteiger partial charge in [0.2, 0.25) is 0 Å². The normalized spacial score (nSPS) is 19.1. The molecule has 1 fully saturated rings. The molecule has 3 N–H and O–H groups in total. The number of hydrogen-bond donors (Lipinski definition) is 3. The highest BCUT2D eigenvalue weighted by atomic mass is 16.5. The lowest BCUT2D eigenvalue weighted by atomic mass is 10.2. The highest BCUT2D eigenvalue weighted by Crippen LogP contribution is 2.15. The van der Waals surface area contributed by atoms with Crippen LogP contribution in [0.15, 0.2) is 24.3 Å². The summed E-state index contributed by atoms with van der Waals surface area (Å²) in [6.07, 6.45) is 0. The maximum absolute atomic E-state index is 12.1. The Labute approximate surface area is 112 Å². The molecule has 6 heteroatoms. The number of aliphatic hydroxyl groups is 1. The lowest BCUT2D eigenvalue weighted by molar-refractivity contribution is 0.159. The van der Waals surface area contributed by atoms with E-state index in [9.17, 15) is 4.79 Å². The first-order valence-electron chi connectivity index (χ1n) is 6.27. The van der Waals surface area contributed by atoms with Crippen molar-refractivity contribution in [1.29, 1.82) is 0 Å². The number of hydrogen-bond acceptors (Lipinski definition) is 4. The van der Waals surface area contributed by atoms with Gasteiger partial charge in [-0.2, -0.15) is 0 Å². The molecule has 0 radical (unpaired) electrons. The Balaban J connectivity index is 1.92. The minimum atomic E-state index is -0.148. The fourth-order valence-electron chi connectivity index (χ4n) is 2.01. The number of methoxy groups -OCH3 is 1. The molecule has 1 aromatic carbocycles. The van der Waals surface area contributed by atoms with Crippen LogP contribution in [0, 0.1) is 0 Å². The molecular weight excluding hydrogens is 246 g/mol. The summed E-state index contributed by atoms with van der Waals surface area (Å²) in [4.78, 5) is 13.8. The summed E-state index contributed by atoms with van der Waals surface area (Å²) in [7, 11) is 1.60. The minimum Gasteiger partial charge on any atom is -0.497 e. The lowest BCUT2D eigenvalue weighted by Gasteiger charge is -2.32. The second-order valence-corrected chi connectivity index (χ2v) is 4.44. The van der Waals surface area contributed by atoms with E-state index in [0.717, 1.165) is 11.4 Å². The third-order valence-corrected chi connectivity index (χ3v) is 3.10. The van der Waals surface area contributed by atoms with Gasteiger partial charge in [0.25, 0.3) is 0 Å². The van der Waals surface area contributed by atoms with Gasteiger partial charge < -0.3 is 25.4 Å². The summed E-state index contributed by atoms with van der Waals surface area (Å²) in [5, 5.41) is 15.1. The molecule has 0 aliphatic carbocycles. The topological polar surface area (TPSA) is 73.8 Å². The molecule has 1 aliphatic heterocycles. The lowest BCUT2D eigenvalue weighted by Crippen LogP contribution is -2.54. The summed E-state index contributed by atoms with van der Waals surface area (Å²) in [6, 6.07) is 6.99. The number of amides is 2. The van der Waals surface area contributed by atoms with E-state index in [-0.39, 0.29) is 18.7 Å². The van der Waals surface area contributed by atoms with Gasteiger partial charge in [-0.25, -0.2) is 4.79 Å². The summed E-state index contributed by atoms with van der Waals surface area (Å²) in [6.45, 7) is 1.88.